The second-order valence-electron chi connectivity index (χ2n) is 4.56. The summed E-state index contributed by atoms with van der Waals surface area (Å²) in [4.78, 5) is 13.3. The third kappa shape index (κ3) is 1.68. The summed E-state index contributed by atoms with van der Waals surface area (Å²) in [5.74, 6) is -1.03. The van der Waals surface area contributed by atoms with Crippen molar-refractivity contribution < 1.29 is 9.90 Å². The highest BCUT2D eigenvalue weighted by atomic mass is 16.4. The van der Waals surface area contributed by atoms with Gasteiger partial charge < -0.3 is 10.0 Å². The van der Waals surface area contributed by atoms with Crippen molar-refractivity contribution in [1.29, 1.82) is 0 Å². The Morgan fingerprint density at radius 3 is 2.72 bits per heavy atom. The predicted molar refractivity (Wildman–Crippen MR) is 67.9 cm³/mol. The van der Waals surface area contributed by atoms with Crippen molar-refractivity contribution in [2.75, 3.05) is 11.9 Å². The first-order valence-corrected chi connectivity index (χ1v) is 5.90. The zero-order valence-electron chi connectivity index (χ0n) is 10.00. The topological polar surface area (TPSA) is 66.3 Å². The van der Waals surface area contributed by atoms with Crippen LogP contribution < -0.4 is 4.90 Å². The number of aromatic nitrogens is 2. The Kier molecular flexibility index (Phi) is 2.40. The van der Waals surface area contributed by atoms with E-state index in [1.165, 1.54) is 0 Å². The first-order valence-electron chi connectivity index (χ1n) is 5.90. The third-order valence-electron chi connectivity index (χ3n) is 3.29. The molecule has 1 aromatic heterocycles. The average Bonchev–Trinajstić information content (AvgIpc) is 3.20. The van der Waals surface area contributed by atoms with Crippen LogP contribution >= 0.6 is 0 Å². The van der Waals surface area contributed by atoms with Crippen molar-refractivity contribution in [3.8, 4) is 0 Å². The number of nitrogens with zero attached hydrogens (tertiary/aromatic N) is 3. The van der Waals surface area contributed by atoms with Crippen LogP contribution in [0.15, 0.2) is 24.3 Å². The van der Waals surface area contributed by atoms with Crippen LogP contribution in [0.25, 0.3) is 10.9 Å². The number of anilines is 1. The van der Waals surface area contributed by atoms with Gasteiger partial charge in [-0.2, -0.15) is 0 Å². The lowest BCUT2D eigenvalue weighted by molar-refractivity contribution is 0.0690. The molecule has 1 fully saturated rings. The van der Waals surface area contributed by atoms with E-state index >= 15 is 0 Å². The SMILES string of the molecule is CN(c1c(C(=O)O)nnc2ccccc12)C1CC1. The molecule has 1 aliphatic carbocycles. The van der Waals surface area contributed by atoms with Crippen LogP contribution in [-0.2, 0) is 0 Å². The highest BCUT2D eigenvalue weighted by Crippen LogP contribution is 2.35. The molecule has 0 radical (unpaired) electrons. The highest BCUT2D eigenvalue weighted by Gasteiger charge is 2.31. The maximum atomic E-state index is 11.3. The van der Waals surface area contributed by atoms with Crippen molar-refractivity contribution in [2.24, 2.45) is 0 Å². The van der Waals surface area contributed by atoms with Crippen molar-refractivity contribution in [2.45, 2.75) is 18.9 Å². The first kappa shape index (κ1) is 11.0. The van der Waals surface area contributed by atoms with E-state index in [1.54, 1.807) is 0 Å². The minimum absolute atomic E-state index is 0.0306. The smallest absolute Gasteiger partial charge is 0.358 e. The minimum atomic E-state index is -1.03. The summed E-state index contributed by atoms with van der Waals surface area (Å²) in [7, 11) is 1.92. The summed E-state index contributed by atoms with van der Waals surface area (Å²) in [6.45, 7) is 0. The van der Waals surface area contributed by atoms with E-state index in [-0.39, 0.29) is 5.69 Å². The molecule has 5 heteroatoms. The lowest BCUT2D eigenvalue weighted by Crippen LogP contribution is -2.23. The van der Waals surface area contributed by atoms with E-state index in [2.05, 4.69) is 10.2 Å². The molecule has 0 atom stereocenters. The molecule has 0 aliphatic heterocycles. The molecule has 0 saturated heterocycles. The zero-order chi connectivity index (χ0) is 12.7. The maximum absolute atomic E-state index is 11.3. The summed E-state index contributed by atoms with van der Waals surface area (Å²) in [5, 5.41) is 17.9. The fourth-order valence-electron chi connectivity index (χ4n) is 2.19. The van der Waals surface area contributed by atoms with Crippen LogP contribution in [0.4, 0.5) is 5.69 Å². The van der Waals surface area contributed by atoms with Crippen LogP contribution in [0.5, 0.6) is 0 Å². The molecule has 1 aliphatic rings. The van der Waals surface area contributed by atoms with Gasteiger partial charge in [-0.15, -0.1) is 10.2 Å². The molecule has 1 N–H and O–H groups in total. The Morgan fingerprint density at radius 2 is 2.06 bits per heavy atom. The van der Waals surface area contributed by atoms with Crippen LogP contribution in [-0.4, -0.2) is 34.4 Å². The number of aromatic carboxylic acids is 1. The fraction of sp³-hybridized carbons (Fsp3) is 0.308. The molecule has 0 spiro atoms. The van der Waals surface area contributed by atoms with Crippen molar-refractivity contribution in [1.82, 2.24) is 10.2 Å². The number of fused-ring (bicyclic) bond motifs is 1. The molecule has 5 nitrogen and oxygen atoms in total. The number of hydrogen-bond donors (Lipinski definition) is 1. The summed E-state index contributed by atoms with van der Waals surface area (Å²) < 4.78 is 0. The van der Waals surface area contributed by atoms with Crippen molar-refractivity contribution in [3.05, 3.63) is 30.0 Å². The molecule has 0 unspecified atom stereocenters. The van der Waals surface area contributed by atoms with Gasteiger partial charge in [0.1, 0.15) is 0 Å². The Bertz CT molecular complexity index is 623. The van der Waals surface area contributed by atoms with E-state index in [0.717, 1.165) is 23.7 Å². The molecule has 18 heavy (non-hydrogen) atoms. The molecule has 92 valence electrons. The average molecular weight is 243 g/mol. The van der Waals surface area contributed by atoms with Gasteiger partial charge in [0.05, 0.1) is 11.2 Å². The van der Waals surface area contributed by atoms with E-state index < -0.39 is 5.97 Å². The fourth-order valence-corrected chi connectivity index (χ4v) is 2.19. The molecule has 0 amide bonds. The molecule has 0 bridgehead atoms. The van der Waals surface area contributed by atoms with E-state index in [4.69, 9.17) is 0 Å². The van der Waals surface area contributed by atoms with Gasteiger partial charge in [-0.3, -0.25) is 0 Å². The Labute approximate surface area is 104 Å². The van der Waals surface area contributed by atoms with E-state index in [9.17, 15) is 9.90 Å². The molecule has 2 aromatic rings. The van der Waals surface area contributed by atoms with Gasteiger partial charge >= 0.3 is 5.97 Å². The van der Waals surface area contributed by atoms with E-state index in [0.29, 0.717) is 11.7 Å². The molecule has 1 heterocycles. The standard InChI is InChI=1S/C13H13N3O2/c1-16(8-6-7-8)12-9-4-2-3-5-10(9)14-15-11(12)13(17)18/h2-5,8H,6-7H2,1H3,(H,17,18). The lowest BCUT2D eigenvalue weighted by atomic mass is 10.1. The number of hydrogen-bond acceptors (Lipinski definition) is 4. The molecule has 1 aromatic carbocycles. The van der Waals surface area contributed by atoms with Gasteiger partial charge in [0.25, 0.3) is 0 Å². The van der Waals surface area contributed by atoms with Gasteiger partial charge in [0.15, 0.2) is 5.69 Å². The normalized spacial score (nSPS) is 14.7. The number of benzene rings is 1. The molecular formula is C13H13N3O2. The second-order valence-corrected chi connectivity index (χ2v) is 4.56. The molecular weight excluding hydrogens is 230 g/mol. The summed E-state index contributed by atoms with van der Waals surface area (Å²) >= 11 is 0. The largest absolute Gasteiger partial charge is 0.476 e. The summed E-state index contributed by atoms with van der Waals surface area (Å²) in [5.41, 5.74) is 1.43. The zero-order valence-corrected chi connectivity index (χ0v) is 10.00. The number of carboxylic acid groups (broad SMARTS) is 1. The summed E-state index contributed by atoms with van der Waals surface area (Å²) in [6, 6.07) is 7.93. The number of carbonyl (C=O) groups is 1. The van der Waals surface area contributed by atoms with Crippen molar-refractivity contribution in [3.63, 3.8) is 0 Å². The second kappa shape index (κ2) is 3.94. The quantitative estimate of drug-likeness (QED) is 0.892. The van der Waals surface area contributed by atoms with Crippen LogP contribution in [0.2, 0.25) is 0 Å². The molecule has 3 rings (SSSR count). The van der Waals surface area contributed by atoms with Gasteiger partial charge in [-0.05, 0) is 18.9 Å². The van der Waals surface area contributed by atoms with Crippen molar-refractivity contribution >= 4 is 22.6 Å². The first-order chi connectivity index (χ1) is 8.68. The number of carboxylic acids is 1. The summed E-state index contributed by atoms with van der Waals surface area (Å²) in [6.07, 6.45) is 2.21. The molecule has 1 saturated carbocycles. The Hall–Kier alpha value is -2.17. The van der Waals surface area contributed by atoms with Gasteiger partial charge in [-0.25, -0.2) is 4.79 Å². The Balaban J connectivity index is 2.27. The third-order valence-corrected chi connectivity index (χ3v) is 3.29. The predicted octanol–water partition coefficient (Wildman–Crippen LogP) is 1.93. The van der Waals surface area contributed by atoms with Crippen LogP contribution in [0, 0.1) is 0 Å². The van der Waals surface area contributed by atoms with Gasteiger partial charge in [0.2, 0.25) is 0 Å². The number of rotatable bonds is 3. The monoisotopic (exact) mass is 243 g/mol. The highest BCUT2D eigenvalue weighted by molar-refractivity contribution is 6.02. The minimum Gasteiger partial charge on any atom is -0.476 e. The van der Waals surface area contributed by atoms with Crippen LogP contribution in [0.1, 0.15) is 23.3 Å². The maximum Gasteiger partial charge on any atom is 0.358 e. The van der Waals surface area contributed by atoms with Gasteiger partial charge in [-0.1, -0.05) is 18.2 Å². The van der Waals surface area contributed by atoms with Gasteiger partial charge in [0, 0.05) is 18.5 Å². The Morgan fingerprint density at radius 1 is 1.33 bits per heavy atom. The van der Waals surface area contributed by atoms with E-state index in [1.807, 2.05) is 36.2 Å². The van der Waals surface area contributed by atoms with Crippen LogP contribution in [0.3, 0.4) is 0 Å². The lowest BCUT2D eigenvalue weighted by Gasteiger charge is -2.21.